The Morgan fingerprint density at radius 2 is 1.50 bits per heavy atom. The second-order valence-electron chi connectivity index (χ2n) is 10.0. The van der Waals surface area contributed by atoms with E-state index in [4.69, 9.17) is 0 Å². The Kier molecular flexibility index (Phi) is 7.85. The molecule has 5 rings (SSSR count). The van der Waals surface area contributed by atoms with Crippen molar-refractivity contribution in [2.45, 2.75) is 24.8 Å². The SMILES string of the molecule is O=C(C=Cc1ccccc1)N1CCN(C(=O)c2cc(C(F)(F)F)cc(C(F)(F)F)c2)C(Cc2c[nH]c3ccccc23)C1. The monoisotopic (exact) mass is 585 g/mol. The van der Waals surface area contributed by atoms with Crippen LogP contribution < -0.4 is 0 Å². The van der Waals surface area contributed by atoms with Crippen molar-refractivity contribution in [3.8, 4) is 0 Å². The molecular formula is C31H25F6N3O2. The van der Waals surface area contributed by atoms with E-state index in [1.807, 2.05) is 54.6 Å². The Balaban J connectivity index is 1.47. The Bertz CT molecular complexity index is 1590. The van der Waals surface area contributed by atoms with E-state index in [-0.39, 0.29) is 38.0 Å². The molecule has 1 saturated heterocycles. The maximum absolute atomic E-state index is 13.6. The molecule has 0 spiro atoms. The number of amides is 2. The summed E-state index contributed by atoms with van der Waals surface area (Å²) in [6, 6.07) is 16.7. The zero-order valence-corrected chi connectivity index (χ0v) is 22.0. The van der Waals surface area contributed by atoms with Gasteiger partial charge in [-0.1, -0.05) is 48.5 Å². The minimum Gasteiger partial charge on any atom is -0.361 e. The van der Waals surface area contributed by atoms with Crippen LogP contribution in [0.25, 0.3) is 17.0 Å². The highest BCUT2D eigenvalue weighted by molar-refractivity contribution is 5.96. The number of fused-ring (bicyclic) bond motifs is 1. The van der Waals surface area contributed by atoms with Gasteiger partial charge in [0.15, 0.2) is 0 Å². The van der Waals surface area contributed by atoms with Crippen LogP contribution in [0, 0.1) is 0 Å². The molecule has 1 aromatic heterocycles. The van der Waals surface area contributed by atoms with Crippen molar-refractivity contribution in [1.29, 1.82) is 0 Å². The topological polar surface area (TPSA) is 56.4 Å². The zero-order chi connectivity index (χ0) is 30.1. The summed E-state index contributed by atoms with van der Waals surface area (Å²) in [7, 11) is 0. The minimum atomic E-state index is -5.09. The molecule has 218 valence electrons. The number of rotatable bonds is 5. The van der Waals surface area contributed by atoms with Gasteiger partial charge in [0.25, 0.3) is 5.91 Å². The molecule has 4 aromatic rings. The maximum atomic E-state index is 13.6. The highest BCUT2D eigenvalue weighted by atomic mass is 19.4. The molecule has 0 saturated carbocycles. The fourth-order valence-electron chi connectivity index (χ4n) is 5.13. The second-order valence-corrected chi connectivity index (χ2v) is 10.0. The summed E-state index contributed by atoms with van der Waals surface area (Å²) in [5, 5.41) is 0.857. The van der Waals surface area contributed by atoms with Crippen molar-refractivity contribution in [2.75, 3.05) is 19.6 Å². The lowest BCUT2D eigenvalue weighted by atomic mass is 9.98. The van der Waals surface area contributed by atoms with Gasteiger partial charge in [-0.25, -0.2) is 0 Å². The first-order valence-electron chi connectivity index (χ1n) is 13.1. The van der Waals surface area contributed by atoms with Gasteiger partial charge in [0, 0.05) is 48.4 Å². The molecular weight excluding hydrogens is 560 g/mol. The number of para-hydroxylation sites is 1. The predicted octanol–water partition coefficient (Wildman–Crippen LogP) is 6.81. The molecule has 5 nitrogen and oxygen atoms in total. The Labute approximate surface area is 237 Å². The number of piperazine rings is 1. The van der Waals surface area contributed by atoms with Gasteiger partial charge >= 0.3 is 12.4 Å². The number of aromatic nitrogens is 1. The Hall–Kier alpha value is -4.54. The molecule has 2 heterocycles. The van der Waals surface area contributed by atoms with E-state index in [1.165, 1.54) is 15.9 Å². The molecule has 1 aliphatic heterocycles. The van der Waals surface area contributed by atoms with Crippen LogP contribution in [0.1, 0.15) is 32.6 Å². The Morgan fingerprint density at radius 1 is 0.857 bits per heavy atom. The first-order chi connectivity index (χ1) is 19.9. The number of carbonyl (C=O) groups excluding carboxylic acids is 2. The van der Waals surface area contributed by atoms with Crippen LogP contribution >= 0.6 is 0 Å². The normalized spacial score (nSPS) is 16.4. The third kappa shape index (κ3) is 6.35. The largest absolute Gasteiger partial charge is 0.416 e. The van der Waals surface area contributed by atoms with E-state index in [2.05, 4.69) is 4.98 Å². The highest BCUT2D eigenvalue weighted by Crippen LogP contribution is 2.37. The molecule has 1 fully saturated rings. The summed E-state index contributed by atoms with van der Waals surface area (Å²) in [5.74, 6) is -1.29. The van der Waals surface area contributed by atoms with Crippen molar-refractivity contribution in [3.63, 3.8) is 0 Å². The third-order valence-corrected chi connectivity index (χ3v) is 7.24. The molecule has 0 bridgehead atoms. The summed E-state index contributed by atoms with van der Waals surface area (Å²) in [4.78, 5) is 32.6. The maximum Gasteiger partial charge on any atom is 0.416 e. The van der Waals surface area contributed by atoms with E-state index in [1.54, 1.807) is 12.3 Å². The number of nitrogens with one attached hydrogen (secondary N) is 1. The molecule has 1 unspecified atom stereocenters. The average molecular weight is 586 g/mol. The molecule has 0 aliphatic carbocycles. The number of nitrogens with zero attached hydrogens (tertiary/aromatic N) is 2. The van der Waals surface area contributed by atoms with Gasteiger partial charge in [0.05, 0.1) is 17.2 Å². The van der Waals surface area contributed by atoms with Crippen LogP contribution in [0.15, 0.2) is 85.1 Å². The number of carbonyl (C=O) groups is 2. The van der Waals surface area contributed by atoms with Crippen molar-refractivity contribution in [2.24, 2.45) is 0 Å². The number of alkyl halides is 6. The molecule has 1 atom stereocenters. The molecule has 1 N–H and O–H groups in total. The quantitative estimate of drug-likeness (QED) is 0.207. The molecule has 11 heteroatoms. The van der Waals surface area contributed by atoms with Gasteiger partial charge < -0.3 is 14.8 Å². The summed E-state index contributed by atoms with van der Waals surface area (Å²) < 4.78 is 81.0. The standard InChI is InChI=1S/C31H25F6N3O2/c32-30(33,34)23-14-21(15-24(17-23)31(35,36)37)29(42)40-13-12-39(28(41)11-10-20-6-2-1-3-7-20)19-25(40)16-22-18-38-27-9-5-4-8-26(22)27/h1-11,14-15,17-18,25,38H,12-13,16,19H2. The number of aromatic amines is 1. The van der Waals surface area contributed by atoms with E-state index in [0.29, 0.717) is 12.1 Å². The van der Waals surface area contributed by atoms with E-state index in [9.17, 15) is 35.9 Å². The number of hydrogen-bond donors (Lipinski definition) is 1. The summed E-state index contributed by atoms with van der Waals surface area (Å²) in [5.41, 5.74) is -1.41. The molecule has 3 aromatic carbocycles. The Morgan fingerprint density at radius 3 is 2.17 bits per heavy atom. The van der Waals surface area contributed by atoms with Gasteiger partial charge in [-0.05, 0) is 47.9 Å². The highest BCUT2D eigenvalue weighted by Gasteiger charge is 2.39. The van der Waals surface area contributed by atoms with Crippen LogP contribution in [0.4, 0.5) is 26.3 Å². The van der Waals surface area contributed by atoms with Gasteiger partial charge in [-0.2, -0.15) is 26.3 Å². The summed E-state index contributed by atoms with van der Waals surface area (Å²) >= 11 is 0. The van der Waals surface area contributed by atoms with Crippen LogP contribution in [-0.4, -0.2) is 52.3 Å². The van der Waals surface area contributed by atoms with Crippen molar-refractivity contribution >= 4 is 28.8 Å². The number of benzene rings is 3. The summed E-state index contributed by atoms with van der Waals surface area (Å²) in [6.07, 6.45) is -5.16. The third-order valence-electron chi connectivity index (χ3n) is 7.24. The lowest BCUT2D eigenvalue weighted by Gasteiger charge is -2.41. The fraction of sp³-hybridized carbons (Fsp3) is 0.226. The van der Waals surface area contributed by atoms with E-state index >= 15 is 0 Å². The van der Waals surface area contributed by atoms with Gasteiger partial charge in [0.1, 0.15) is 0 Å². The first-order valence-corrected chi connectivity index (χ1v) is 13.1. The minimum absolute atomic E-state index is 0.00409. The van der Waals surface area contributed by atoms with Gasteiger partial charge in [-0.3, -0.25) is 9.59 Å². The lowest BCUT2D eigenvalue weighted by molar-refractivity contribution is -0.143. The van der Waals surface area contributed by atoms with Gasteiger partial charge in [0.2, 0.25) is 5.91 Å². The van der Waals surface area contributed by atoms with E-state index in [0.717, 1.165) is 22.0 Å². The predicted molar refractivity (Wildman–Crippen MR) is 145 cm³/mol. The van der Waals surface area contributed by atoms with Crippen molar-refractivity contribution in [3.05, 3.63) is 113 Å². The smallest absolute Gasteiger partial charge is 0.361 e. The van der Waals surface area contributed by atoms with Crippen molar-refractivity contribution in [1.82, 2.24) is 14.8 Å². The molecule has 42 heavy (non-hydrogen) atoms. The zero-order valence-electron chi connectivity index (χ0n) is 22.0. The van der Waals surface area contributed by atoms with Crippen molar-refractivity contribution < 1.29 is 35.9 Å². The average Bonchev–Trinajstić information content (AvgIpc) is 3.37. The van der Waals surface area contributed by atoms with Crippen LogP contribution in [0.2, 0.25) is 0 Å². The number of H-pyrrole nitrogens is 1. The molecule has 1 aliphatic rings. The first kappa shape index (κ1) is 29.0. The molecule has 2 amide bonds. The summed E-state index contributed by atoms with van der Waals surface area (Å²) in [6.45, 7) is 0.0157. The lowest BCUT2D eigenvalue weighted by Crippen LogP contribution is -2.57. The van der Waals surface area contributed by atoms with E-state index < -0.39 is 41.0 Å². The van der Waals surface area contributed by atoms with Gasteiger partial charge in [-0.15, -0.1) is 0 Å². The fourth-order valence-corrected chi connectivity index (χ4v) is 5.13. The van der Waals surface area contributed by atoms with Crippen LogP contribution in [0.5, 0.6) is 0 Å². The molecule has 0 radical (unpaired) electrons. The second kappa shape index (κ2) is 11.4. The van der Waals surface area contributed by atoms with Crippen LogP contribution in [0.3, 0.4) is 0 Å². The van der Waals surface area contributed by atoms with Crippen LogP contribution in [-0.2, 0) is 23.6 Å². The number of hydrogen-bond acceptors (Lipinski definition) is 2. The number of halogens is 6.